The van der Waals surface area contributed by atoms with Gasteiger partial charge in [0.15, 0.2) is 0 Å². The number of hydrogen-bond donors (Lipinski definition) is 0. The third-order valence-corrected chi connectivity index (χ3v) is 2.12. The summed E-state index contributed by atoms with van der Waals surface area (Å²) >= 11 is 3.36. The van der Waals surface area contributed by atoms with Crippen LogP contribution in [-0.4, -0.2) is 17.4 Å². The largest absolute Gasteiger partial charge is 0.319 e. The van der Waals surface area contributed by atoms with E-state index in [-0.39, 0.29) is 5.91 Å². The van der Waals surface area contributed by atoms with E-state index < -0.39 is 0 Å². The van der Waals surface area contributed by atoms with Gasteiger partial charge in [0.25, 0.3) is 0 Å². The molecule has 1 rings (SSSR count). The number of amides is 1. The number of carbonyl (C=O) groups is 1. The van der Waals surface area contributed by atoms with Crippen LogP contribution in [0.4, 0.5) is 0 Å². The minimum atomic E-state index is 0.122. The molecule has 0 N–H and O–H groups in total. The van der Waals surface area contributed by atoms with Crippen LogP contribution >= 0.6 is 15.9 Å². The minimum Gasteiger partial charge on any atom is -0.319 e. The van der Waals surface area contributed by atoms with Crippen LogP contribution in [0.15, 0.2) is 10.7 Å². The van der Waals surface area contributed by atoms with Gasteiger partial charge in [0.1, 0.15) is 0 Å². The molecule has 1 heterocycles. The standard InChI is InChI=1S/C7H10BrNO/c1-6(10)9-4-2-3-7(8)5-9/h5H,2-4H2,1H3. The third-order valence-electron chi connectivity index (χ3n) is 1.52. The summed E-state index contributed by atoms with van der Waals surface area (Å²) in [7, 11) is 0. The van der Waals surface area contributed by atoms with Crippen LogP contribution in [0.25, 0.3) is 0 Å². The molecule has 2 nitrogen and oxygen atoms in total. The maximum absolute atomic E-state index is 10.8. The molecule has 1 aliphatic rings. The molecule has 0 radical (unpaired) electrons. The van der Waals surface area contributed by atoms with Gasteiger partial charge in [0, 0.05) is 24.2 Å². The molecule has 0 saturated heterocycles. The van der Waals surface area contributed by atoms with Crippen molar-refractivity contribution in [1.29, 1.82) is 0 Å². The highest BCUT2D eigenvalue weighted by molar-refractivity contribution is 9.11. The molecule has 0 saturated carbocycles. The van der Waals surface area contributed by atoms with Crippen molar-refractivity contribution in [1.82, 2.24) is 4.90 Å². The molecule has 0 aromatic rings. The normalized spacial score (nSPS) is 18.6. The van der Waals surface area contributed by atoms with E-state index >= 15 is 0 Å². The molecule has 0 fully saturated rings. The lowest BCUT2D eigenvalue weighted by molar-refractivity contribution is -0.126. The van der Waals surface area contributed by atoms with Crippen molar-refractivity contribution in [3.63, 3.8) is 0 Å². The Bertz CT molecular complexity index is 176. The molecule has 3 heteroatoms. The van der Waals surface area contributed by atoms with Crippen molar-refractivity contribution in [3.8, 4) is 0 Å². The van der Waals surface area contributed by atoms with Crippen LogP contribution in [0.1, 0.15) is 19.8 Å². The first-order valence-corrected chi connectivity index (χ1v) is 4.13. The Kier molecular flexibility index (Phi) is 2.49. The number of allylic oxidation sites excluding steroid dienone is 1. The summed E-state index contributed by atoms with van der Waals surface area (Å²) in [5, 5.41) is 0. The highest BCUT2D eigenvalue weighted by atomic mass is 79.9. The average Bonchev–Trinajstić information content (AvgIpc) is 1.88. The van der Waals surface area contributed by atoms with Gasteiger partial charge in [0.2, 0.25) is 5.91 Å². The SMILES string of the molecule is CC(=O)N1C=C(Br)CCC1. The van der Waals surface area contributed by atoms with Gasteiger partial charge in [-0.3, -0.25) is 4.79 Å². The Morgan fingerprint density at radius 2 is 2.50 bits per heavy atom. The zero-order valence-corrected chi connectivity index (χ0v) is 7.52. The maximum Gasteiger partial charge on any atom is 0.223 e. The molecule has 10 heavy (non-hydrogen) atoms. The Morgan fingerprint density at radius 3 is 2.90 bits per heavy atom. The quantitative estimate of drug-likeness (QED) is 0.589. The molecule has 1 amide bonds. The topological polar surface area (TPSA) is 20.3 Å². The zero-order valence-electron chi connectivity index (χ0n) is 5.93. The molecule has 0 aliphatic carbocycles. The van der Waals surface area contributed by atoms with E-state index in [4.69, 9.17) is 0 Å². The van der Waals surface area contributed by atoms with Crippen LogP contribution < -0.4 is 0 Å². The molecule has 0 atom stereocenters. The van der Waals surface area contributed by atoms with Gasteiger partial charge in [0.05, 0.1) is 0 Å². The lowest BCUT2D eigenvalue weighted by Gasteiger charge is -2.21. The molecule has 0 aromatic heterocycles. The van der Waals surface area contributed by atoms with Gasteiger partial charge in [-0.15, -0.1) is 0 Å². The number of nitrogens with zero attached hydrogens (tertiary/aromatic N) is 1. The highest BCUT2D eigenvalue weighted by Crippen LogP contribution is 2.19. The van der Waals surface area contributed by atoms with Crippen molar-refractivity contribution in [2.45, 2.75) is 19.8 Å². The van der Waals surface area contributed by atoms with Crippen LogP contribution in [0.2, 0.25) is 0 Å². The van der Waals surface area contributed by atoms with Gasteiger partial charge >= 0.3 is 0 Å². The molecular weight excluding hydrogens is 194 g/mol. The first kappa shape index (κ1) is 7.79. The van der Waals surface area contributed by atoms with Gasteiger partial charge < -0.3 is 4.90 Å². The molecular formula is C7H10BrNO. The number of carbonyl (C=O) groups excluding carboxylic acids is 1. The van der Waals surface area contributed by atoms with Crippen molar-refractivity contribution >= 4 is 21.8 Å². The second-order valence-electron chi connectivity index (χ2n) is 2.39. The van der Waals surface area contributed by atoms with Crippen molar-refractivity contribution in [2.75, 3.05) is 6.54 Å². The number of hydrogen-bond acceptors (Lipinski definition) is 1. The molecule has 1 aliphatic heterocycles. The predicted octanol–water partition coefficient (Wildman–Crippen LogP) is 1.86. The van der Waals surface area contributed by atoms with Crippen LogP contribution in [0.3, 0.4) is 0 Å². The Labute approximate surface area is 69.0 Å². The van der Waals surface area contributed by atoms with Crippen LogP contribution in [-0.2, 0) is 4.79 Å². The average molecular weight is 204 g/mol. The number of halogens is 1. The fraction of sp³-hybridized carbons (Fsp3) is 0.571. The summed E-state index contributed by atoms with van der Waals surface area (Å²) in [6.07, 6.45) is 3.99. The number of rotatable bonds is 0. The summed E-state index contributed by atoms with van der Waals surface area (Å²) in [5.74, 6) is 0.122. The fourth-order valence-corrected chi connectivity index (χ4v) is 1.49. The summed E-state index contributed by atoms with van der Waals surface area (Å²) in [6.45, 7) is 2.45. The first-order chi connectivity index (χ1) is 4.70. The Hall–Kier alpha value is -0.310. The van der Waals surface area contributed by atoms with E-state index in [0.717, 1.165) is 23.9 Å². The highest BCUT2D eigenvalue weighted by Gasteiger charge is 2.10. The van der Waals surface area contributed by atoms with E-state index in [1.165, 1.54) is 0 Å². The van der Waals surface area contributed by atoms with Crippen molar-refractivity contribution in [2.24, 2.45) is 0 Å². The smallest absolute Gasteiger partial charge is 0.223 e. The van der Waals surface area contributed by atoms with E-state index in [1.807, 2.05) is 6.20 Å². The van der Waals surface area contributed by atoms with E-state index in [0.29, 0.717) is 0 Å². The lowest BCUT2D eigenvalue weighted by atomic mass is 10.2. The third kappa shape index (κ3) is 1.84. The lowest BCUT2D eigenvalue weighted by Crippen LogP contribution is -2.26. The zero-order chi connectivity index (χ0) is 7.56. The summed E-state index contributed by atoms with van der Waals surface area (Å²) in [6, 6.07) is 0. The van der Waals surface area contributed by atoms with Gasteiger partial charge in [-0.2, -0.15) is 0 Å². The summed E-state index contributed by atoms with van der Waals surface area (Å²) in [4.78, 5) is 12.5. The van der Waals surface area contributed by atoms with Crippen LogP contribution in [0.5, 0.6) is 0 Å². The Balaban J connectivity index is 2.62. The molecule has 56 valence electrons. The molecule has 0 aromatic carbocycles. The van der Waals surface area contributed by atoms with Crippen molar-refractivity contribution < 1.29 is 4.79 Å². The first-order valence-electron chi connectivity index (χ1n) is 3.33. The predicted molar refractivity (Wildman–Crippen MR) is 43.6 cm³/mol. The van der Waals surface area contributed by atoms with E-state index in [2.05, 4.69) is 15.9 Å². The van der Waals surface area contributed by atoms with Gasteiger partial charge in [-0.1, -0.05) is 15.9 Å². The van der Waals surface area contributed by atoms with Crippen LogP contribution in [0, 0.1) is 0 Å². The monoisotopic (exact) mass is 203 g/mol. The van der Waals surface area contributed by atoms with Gasteiger partial charge in [-0.05, 0) is 12.8 Å². The van der Waals surface area contributed by atoms with Crippen molar-refractivity contribution in [3.05, 3.63) is 10.7 Å². The molecule has 0 bridgehead atoms. The summed E-state index contributed by atoms with van der Waals surface area (Å²) < 4.78 is 1.12. The van der Waals surface area contributed by atoms with Gasteiger partial charge in [-0.25, -0.2) is 0 Å². The van der Waals surface area contributed by atoms with E-state index in [9.17, 15) is 4.79 Å². The molecule has 0 unspecified atom stereocenters. The fourth-order valence-electron chi connectivity index (χ4n) is 0.965. The van der Waals surface area contributed by atoms with E-state index in [1.54, 1.807) is 11.8 Å². The second kappa shape index (κ2) is 3.19. The Morgan fingerprint density at radius 1 is 1.80 bits per heavy atom. The summed E-state index contributed by atoms with van der Waals surface area (Å²) in [5.41, 5.74) is 0. The minimum absolute atomic E-state index is 0.122. The molecule has 0 spiro atoms. The second-order valence-corrected chi connectivity index (χ2v) is 3.41. The maximum atomic E-state index is 10.8.